The lowest BCUT2D eigenvalue weighted by Crippen LogP contribution is -1.97. The van der Waals surface area contributed by atoms with Crippen LogP contribution in [0.25, 0.3) is 6.08 Å². The van der Waals surface area contributed by atoms with Crippen LogP contribution in [0.4, 0.5) is 0 Å². The second-order valence-electron chi connectivity index (χ2n) is 5.39. The van der Waals surface area contributed by atoms with Crippen molar-refractivity contribution >= 4 is 23.6 Å². The molecule has 4 heteroatoms. The summed E-state index contributed by atoms with van der Waals surface area (Å²) in [7, 11) is 0. The first-order chi connectivity index (χ1) is 11.6. The number of ketones is 1. The highest BCUT2D eigenvalue weighted by Gasteiger charge is 2.25. The molecule has 1 heterocycles. The summed E-state index contributed by atoms with van der Waals surface area (Å²) in [6.07, 6.45) is 4.11. The molecule has 0 saturated heterocycles. The Morgan fingerprint density at radius 2 is 2.08 bits per heavy atom. The molecule has 0 amide bonds. The molecule has 2 aromatic carbocycles. The number of thioether (sulfide) groups is 1. The maximum Gasteiger partial charge on any atom is 0.200 e. The number of rotatable bonds is 5. The highest BCUT2D eigenvalue weighted by molar-refractivity contribution is 8.04. The second-order valence-corrected chi connectivity index (χ2v) is 6.47. The van der Waals surface area contributed by atoms with E-state index in [1.54, 1.807) is 12.1 Å². The van der Waals surface area contributed by atoms with Crippen molar-refractivity contribution in [2.24, 2.45) is 0 Å². The second kappa shape index (κ2) is 6.97. The van der Waals surface area contributed by atoms with Crippen LogP contribution < -0.4 is 4.74 Å². The number of aromatic hydroxyl groups is 1. The maximum absolute atomic E-state index is 12.5. The molecule has 1 aliphatic rings. The van der Waals surface area contributed by atoms with E-state index in [1.165, 1.54) is 11.8 Å². The number of benzene rings is 2. The van der Waals surface area contributed by atoms with Crippen LogP contribution in [0.2, 0.25) is 0 Å². The number of Topliss-reactive ketones (excluding diaryl/α,β-unsaturated/α-hetero) is 1. The summed E-state index contributed by atoms with van der Waals surface area (Å²) in [6.45, 7) is 6.04. The standard InChI is InChI=1S/C20H18O3S/c1-3-7-14-10-13(11-16(19(14)21)23-4-2)12-18-20(22)15-8-5-6-9-17(15)24-18/h3,5-6,8-12,21H,1,4,7H2,2H3/b18-12-. The number of fused-ring (bicyclic) bond motifs is 1. The molecule has 0 atom stereocenters. The zero-order valence-electron chi connectivity index (χ0n) is 13.4. The van der Waals surface area contributed by atoms with Gasteiger partial charge in [0.2, 0.25) is 5.78 Å². The minimum atomic E-state index is 0.0342. The summed E-state index contributed by atoms with van der Waals surface area (Å²) in [5.74, 6) is 0.594. The number of phenols is 1. The van der Waals surface area contributed by atoms with E-state index >= 15 is 0 Å². The van der Waals surface area contributed by atoms with Gasteiger partial charge in [-0.3, -0.25) is 4.79 Å². The number of hydrogen-bond donors (Lipinski definition) is 1. The first-order valence-electron chi connectivity index (χ1n) is 7.77. The van der Waals surface area contributed by atoms with Gasteiger partial charge in [-0.1, -0.05) is 30.0 Å². The summed E-state index contributed by atoms with van der Waals surface area (Å²) < 4.78 is 5.51. The van der Waals surface area contributed by atoms with E-state index in [1.807, 2.05) is 43.3 Å². The van der Waals surface area contributed by atoms with E-state index in [9.17, 15) is 9.90 Å². The van der Waals surface area contributed by atoms with Crippen LogP contribution in [-0.4, -0.2) is 17.5 Å². The predicted molar refractivity (Wildman–Crippen MR) is 97.8 cm³/mol. The van der Waals surface area contributed by atoms with Crippen LogP contribution in [-0.2, 0) is 6.42 Å². The van der Waals surface area contributed by atoms with E-state index in [4.69, 9.17) is 4.74 Å². The fraction of sp³-hybridized carbons (Fsp3) is 0.150. The van der Waals surface area contributed by atoms with Crippen molar-refractivity contribution in [2.75, 3.05) is 6.61 Å². The molecule has 0 fully saturated rings. The number of ether oxygens (including phenoxy) is 1. The van der Waals surface area contributed by atoms with Gasteiger partial charge in [-0.2, -0.15) is 0 Å². The van der Waals surface area contributed by atoms with E-state index in [-0.39, 0.29) is 11.5 Å². The fourth-order valence-corrected chi connectivity index (χ4v) is 3.69. The maximum atomic E-state index is 12.5. The first kappa shape index (κ1) is 16.4. The van der Waals surface area contributed by atoms with Gasteiger partial charge in [0.25, 0.3) is 0 Å². The topological polar surface area (TPSA) is 46.5 Å². The van der Waals surface area contributed by atoms with Gasteiger partial charge in [-0.25, -0.2) is 0 Å². The van der Waals surface area contributed by atoms with Gasteiger partial charge in [0.05, 0.1) is 11.5 Å². The Bertz CT molecular complexity index is 837. The van der Waals surface area contributed by atoms with Crippen LogP contribution in [0.3, 0.4) is 0 Å². The van der Waals surface area contributed by atoms with Gasteiger partial charge < -0.3 is 9.84 Å². The van der Waals surface area contributed by atoms with Gasteiger partial charge in [-0.05, 0) is 49.2 Å². The van der Waals surface area contributed by atoms with Crippen molar-refractivity contribution in [2.45, 2.75) is 18.2 Å². The zero-order valence-corrected chi connectivity index (χ0v) is 14.2. The molecule has 0 aromatic heterocycles. The lowest BCUT2D eigenvalue weighted by molar-refractivity contribution is 0.104. The summed E-state index contributed by atoms with van der Waals surface area (Å²) in [4.78, 5) is 14.2. The highest BCUT2D eigenvalue weighted by Crippen LogP contribution is 2.41. The predicted octanol–water partition coefficient (Wildman–Crippen LogP) is 4.85. The summed E-state index contributed by atoms with van der Waals surface area (Å²) >= 11 is 1.47. The number of hydrogen-bond acceptors (Lipinski definition) is 4. The number of phenolic OH excluding ortho intramolecular Hbond substituents is 1. The van der Waals surface area contributed by atoms with Crippen LogP contribution in [0.1, 0.15) is 28.4 Å². The van der Waals surface area contributed by atoms with Crippen LogP contribution in [0.15, 0.2) is 58.9 Å². The minimum Gasteiger partial charge on any atom is -0.504 e. The Morgan fingerprint density at radius 1 is 1.29 bits per heavy atom. The van der Waals surface area contributed by atoms with Crippen molar-refractivity contribution in [3.05, 3.63) is 70.6 Å². The Balaban J connectivity index is 2.01. The molecule has 0 saturated carbocycles. The number of carbonyl (C=O) groups is 1. The molecule has 0 spiro atoms. The average molecular weight is 338 g/mol. The Kier molecular flexibility index (Phi) is 4.76. The van der Waals surface area contributed by atoms with E-state index < -0.39 is 0 Å². The zero-order chi connectivity index (χ0) is 17.1. The molecule has 2 aromatic rings. The normalized spacial score (nSPS) is 14.7. The molecule has 0 aliphatic carbocycles. The molecule has 1 N–H and O–H groups in total. The van der Waals surface area contributed by atoms with Gasteiger partial charge in [0.15, 0.2) is 11.5 Å². The Hall–Kier alpha value is -2.46. The van der Waals surface area contributed by atoms with Gasteiger partial charge in [0, 0.05) is 16.0 Å². The summed E-state index contributed by atoms with van der Waals surface area (Å²) in [5, 5.41) is 10.3. The van der Waals surface area contributed by atoms with Crippen molar-refractivity contribution < 1.29 is 14.6 Å². The molecular formula is C20H18O3S. The van der Waals surface area contributed by atoms with Crippen molar-refractivity contribution in [1.82, 2.24) is 0 Å². The third kappa shape index (κ3) is 3.10. The Morgan fingerprint density at radius 3 is 2.79 bits per heavy atom. The summed E-state index contributed by atoms with van der Waals surface area (Å²) in [6, 6.07) is 11.2. The third-order valence-corrected chi connectivity index (χ3v) is 4.81. The lowest BCUT2D eigenvalue weighted by atomic mass is 10.0. The van der Waals surface area contributed by atoms with Crippen molar-refractivity contribution in [3.63, 3.8) is 0 Å². The third-order valence-electron chi connectivity index (χ3n) is 3.71. The van der Waals surface area contributed by atoms with Crippen LogP contribution in [0.5, 0.6) is 11.5 Å². The van der Waals surface area contributed by atoms with Crippen molar-refractivity contribution in [3.8, 4) is 11.5 Å². The van der Waals surface area contributed by atoms with E-state index in [0.717, 1.165) is 21.6 Å². The summed E-state index contributed by atoms with van der Waals surface area (Å²) in [5.41, 5.74) is 2.30. The molecule has 122 valence electrons. The number of carbonyl (C=O) groups excluding carboxylic acids is 1. The number of allylic oxidation sites excluding steroid dienone is 2. The lowest BCUT2D eigenvalue weighted by Gasteiger charge is -2.11. The Labute approximate surface area is 145 Å². The molecular weight excluding hydrogens is 320 g/mol. The van der Waals surface area contributed by atoms with Gasteiger partial charge >= 0.3 is 0 Å². The van der Waals surface area contributed by atoms with Crippen LogP contribution in [0, 0.1) is 0 Å². The van der Waals surface area contributed by atoms with E-state index in [2.05, 4.69) is 6.58 Å². The minimum absolute atomic E-state index is 0.0342. The molecule has 3 nitrogen and oxygen atoms in total. The molecule has 0 radical (unpaired) electrons. The fourth-order valence-electron chi connectivity index (χ4n) is 2.64. The average Bonchev–Trinajstić information content (AvgIpc) is 2.89. The smallest absolute Gasteiger partial charge is 0.200 e. The van der Waals surface area contributed by atoms with Crippen molar-refractivity contribution in [1.29, 1.82) is 0 Å². The molecule has 3 rings (SSSR count). The SMILES string of the molecule is C=CCc1cc(/C=C2\Sc3ccccc3C2=O)cc(OCC)c1O. The van der Waals surface area contributed by atoms with Crippen LogP contribution >= 0.6 is 11.8 Å². The van der Waals surface area contributed by atoms with Gasteiger partial charge in [0.1, 0.15) is 0 Å². The van der Waals surface area contributed by atoms with E-state index in [0.29, 0.717) is 23.7 Å². The molecule has 0 bridgehead atoms. The molecule has 0 unspecified atom stereocenters. The first-order valence-corrected chi connectivity index (χ1v) is 8.58. The molecule has 1 aliphatic heterocycles. The molecule has 24 heavy (non-hydrogen) atoms. The monoisotopic (exact) mass is 338 g/mol. The largest absolute Gasteiger partial charge is 0.504 e. The van der Waals surface area contributed by atoms with Gasteiger partial charge in [-0.15, -0.1) is 6.58 Å². The quantitative estimate of drug-likeness (QED) is 0.625. The highest BCUT2D eigenvalue weighted by atomic mass is 32.2.